The zero-order valence-corrected chi connectivity index (χ0v) is 13.9. The Morgan fingerprint density at radius 3 is 2.79 bits per heavy atom. The van der Waals surface area contributed by atoms with Crippen molar-refractivity contribution in [3.63, 3.8) is 0 Å². The third-order valence-corrected chi connectivity index (χ3v) is 4.86. The molecule has 2 nitrogen and oxygen atoms in total. The van der Waals surface area contributed by atoms with Gasteiger partial charge in [-0.25, -0.2) is 0 Å². The monoisotopic (exact) mass is 359 g/mol. The first-order valence-corrected chi connectivity index (χ1v) is 8.01. The second-order valence-electron chi connectivity index (χ2n) is 4.05. The molecule has 102 valence electrons. The first-order chi connectivity index (χ1) is 9.15. The number of benzene rings is 1. The molecule has 1 heterocycles. The van der Waals surface area contributed by atoms with E-state index in [0.29, 0.717) is 10.8 Å². The van der Waals surface area contributed by atoms with Crippen LogP contribution in [0.1, 0.15) is 23.4 Å². The van der Waals surface area contributed by atoms with Crippen LogP contribution < -0.4 is 10.1 Å². The van der Waals surface area contributed by atoms with E-state index in [4.69, 9.17) is 16.3 Å². The minimum Gasteiger partial charge on any atom is -0.495 e. The van der Waals surface area contributed by atoms with E-state index in [2.05, 4.69) is 39.6 Å². The largest absolute Gasteiger partial charge is 0.495 e. The van der Waals surface area contributed by atoms with Gasteiger partial charge < -0.3 is 10.1 Å². The highest BCUT2D eigenvalue weighted by Crippen LogP contribution is 2.33. The Balaban J connectivity index is 2.38. The van der Waals surface area contributed by atoms with Crippen LogP contribution in [0.15, 0.2) is 34.1 Å². The SMILES string of the molecule is CCNC(c1ccc(Cl)c(OC)c1)c1cc(Br)cs1. The van der Waals surface area contributed by atoms with Gasteiger partial charge in [-0.05, 0) is 46.2 Å². The summed E-state index contributed by atoms with van der Waals surface area (Å²) >= 11 is 11.3. The highest BCUT2D eigenvalue weighted by molar-refractivity contribution is 9.10. The third-order valence-electron chi connectivity index (χ3n) is 2.79. The summed E-state index contributed by atoms with van der Waals surface area (Å²) in [6.07, 6.45) is 0. The summed E-state index contributed by atoms with van der Waals surface area (Å²) in [6.45, 7) is 2.99. The lowest BCUT2D eigenvalue weighted by Crippen LogP contribution is -2.21. The molecular weight excluding hydrogens is 346 g/mol. The number of nitrogens with one attached hydrogen (secondary N) is 1. The fraction of sp³-hybridized carbons (Fsp3) is 0.286. The Kier molecular flexibility index (Phi) is 5.28. The fourth-order valence-electron chi connectivity index (χ4n) is 1.92. The molecule has 1 unspecified atom stereocenters. The first kappa shape index (κ1) is 14.9. The quantitative estimate of drug-likeness (QED) is 0.821. The molecule has 0 fully saturated rings. The molecular formula is C14H15BrClNOS. The van der Waals surface area contributed by atoms with Gasteiger partial charge in [0, 0.05) is 14.7 Å². The predicted molar refractivity (Wildman–Crippen MR) is 85.5 cm³/mol. The van der Waals surface area contributed by atoms with Gasteiger partial charge in [0.2, 0.25) is 0 Å². The van der Waals surface area contributed by atoms with E-state index in [1.54, 1.807) is 18.4 Å². The molecule has 5 heteroatoms. The maximum atomic E-state index is 6.08. The van der Waals surface area contributed by atoms with Crippen LogP contribution in [-0.2, 0) is 0 Å². The summed E-state index contributed by atoms with van der Waals surface area (Å²) in [7, 11) is 1.63. The molecule has 0 aliphatic carbocycles. The van der Waals surface area contributed by atoms with E-state index in [1.165, 1.54) is 4.88 Å². The van der Waals surface area contributed by atoms with Gasteiger partial charge in [0.1, 0.15) is 5.75 Å². The van der Waals surface area contributed by atoms with Crippen molar-refractivity contribution in [1.29, 1.82) is 0 Å². The molecule has 19 heavy (non-hydrogen) atoms. The molecule has 1 aromatic carbocycles. The molecule has 0 radical (unpaired) electrons. The maximum absolute atomic E-state index is 6.08. The van der Waals surface area contributed by atoms with Gasteiger partial charge >= 0.3 is 0 Å². The predicted octanol–water partition coefficient (Wildman–Crippen LogP) is 4.87. The summed E-state index contributed by atoms with van der Waals surface area (Å²) < 4.78 is 6.40. The lowest BCUT2D eigenvalue weighted by atomic mass is 10.0. The van der Waals surface area contributed by atoms with Crippen molar-refractivity contribution in [2.24, 2.45) is 0 Å². The van der Waals surface area contributed by atoms with E-state index in [-0.39, 0.29) is 6.04 Å². The van der Waals surface area contributed by atoms with E-state index in [1.807, 2.05) is 18.2 Å². The van der Waals surface area contributed by atoms with Crippen LogP contribution in [0.5, 0.6) is 5.75 Å². The molecule has 0 amide bonds. The third kappa shape index (κ3) is 3.51. The van der Waals surface area contributed by atoms with E-state index >= 15 is 0 Å². The van der Waals surface area contributed by atoms with Gasteiger partial charge in [0.15, 0.2) is 0 Å². The van der Waals surface area contributed by atoms with Crippen LogP contribution in [0.3, 0.4) is 0 Å². The number of halogens is 2. The molecule has 0 aliphatic heterocycles. The Hall–Kier alpha value is -0.550. The number of hydrogen-bond donors (Lipinski definition) is 1. The lowest BCUT2D eigenvalue weighted by Gasteiger charge is -2.18. The summed E-state index contributed by atoms with van der Waals surface area (Å²) in [5, 5.41) is 6.21. The summed E-state index contributed by atoms with van der Waals surface area (Å²) in [5.74, 6) is 0.706. The number of methoxy groups -OCH3 is 1. The lowest BCUT2D eigenvalue weighted by molar-refractivity contribution is 0.414. The molecule has 0 bridgehead atoms. The van der Waals surface area contributed by atoms with Gasteiger partial charge in [-0.1, -0.05) is 24.6 Å². The Bertz CT molecular complexity index is 558. The van der Waals surface area contributed by atoms with Crippen molar-refractivity contribution in [2.75, 3.05) is 13.7 Å². The Morgan fingerprint density at radius 2 is 2.21 bits per heavy atom. The smallest absolute Gasteiger partial charge is 0.137 e. The topological polar surface area (TPSA) is 21.3 Å². The van der Waals surface area contributed by atoms with Crippen molar-refractivity contribution in [1.82, 2.24) is 5.32 Å². The number of thiophene rings is 1. The van der Waals surface area contributed by atoms with Crippen LogP contribution in [0.2, 0.25) is 5.02 Å². The molecule has 2 aromatic rings. The number of hydrogen-bond acceptors (Lipinski definition) is 3. The number of ether oxygens (including phenoxy) is 1. The van der Waals surface area contributed by atoms with Gasteiger partial charge in [-0.2, -0.15) is 0 Å². The van der Waals surface area contributed by atoms with Crippen molar-refractivity contribution in [3.8, 4) is 5.75 Å². The standard InChI is InChI=1S/C14H15BrClNOS/c1-3-17-14(13-7-10(15)8-19-13)9-4-5-11(16)12(6-9)18-2/h4-8,14,17H,3H2,1-2H3. The van der Waals surface area contributed by atoms with Crippen LogP contribution >= 0.6 is 38.9 Å². The van der Waals surface area contributed by atoms with Gasteiger partial charge in [-0.15, -0.1) is 11.3 Å². The molecule has 1 aromatic heterocycles. The average molecular weight is 361 g/mol. The minimum atomic E-state index is 0.160. The second-order valence-corrected chi connectivity index (χ2v) is 6.32. The maximum Gasteiger partial charge on any atom is 0.137 e. The van der Waals surface area contributed by atoms with Gasteiger partial charge in [0.25, 0.3) is 0 Å². The van der Waals surface area contributed by atoms with Gasteiger partial charge in [0.05, 0.1) is 18.2 Å². The molecule has 0 saturated carbocycles. The van der Waals surface area contributed by atoms with E-state index < -0.39 is 0 Å². The first-order valence-electron chi connectivity index (χ1n) is 5.96. The minimum absolute atomic E-state index is 0.160. The zero-order valence-electron chi connectivity index (χ0n) is 10.7. The second kappa shape index (κ2) is 6.75. The zero-order chi connectivity index (χ0) is 13.8. The van der Waals surface area contributed by atoms with Crippen LogP contribution in [-0.4, -0.2) is 13.7 Å². The van der Waals surface area contributed by atoms with Crippen molar-refractivity contribution < 1.29 is 4.74 Å². The Morgan fingerprint density at radius 1 is 1.42 bits per heavy atom. The van der Waals surface area contributed by atoms with Gasteiger partial charge in [-0.3, -0.25) is 0 Å². The highest BCUT2D eigenvalue weighted by Gasteiger charge is 2.16. The van der Waals surface area contributed by atoms with Crippen LogP contribution in [0.25, 0.3) is 0 Å². The Labute approximate surface area is 130 Å². The van der Waals surface area contributed by atoms with E-state index in [9.17, 15) is 0 Å². The highest BCUT2D eigenvalue weighted by atomic mass is 79.9. The van der Waals surface area contributed by atoms with Crippen molar-refractivity contribution >= 4 is 38.9 Å². The van der Waals surface area contributed by atoms with Crippen LogP contribution in [0.4, 0.5) is 0 Å². The molecule has 0 saturated heterocycles. The molecule has 0 aliphatic rings. The molecule has 2 rings (SSSR count). The number of rotatable bonds is 5. The average Bonchev–Trinajstić information content (AvgIpc) is 2.83. The van der Waals surface area contributed by atoms with Crippen molar-refractivity contribution in [3.05, 3.63) is 49.6 Å². The fourth-order valence-corrected chi connectivity index (χ4v) is 3.66. The molecule has 1 N–H and O–H groups in total. The normalized spacial score (nSPS) is 12.4. The van der Waals surface area contributed by atoms with Crippen molar-refractivity contribution in [2.45, 2.75) is 13.0 Å². The molecule has 0 spiro atoms. The molecule has 1 atom stereocenters. The summed E-state index contributed by atoms with van der Waals surface area (Å²) in [5.41, 5.74) is 1.15. The van der Waals surface area contributed by atoms with E-state index in [0.717, 1.165) is 16.6 Å². The van der Waals surface area contributed by atoms with Crippen LogP contribution in [0, 0.1) is 0 Å². The summed E-state index contributed by atoms with van der Waals surface area (Å²) in [6, 6.07) is 8.20. The summed E-state index contributed by atoms with van der Waals surface area (Å²) in [4.78, 5) is 1.26.